The molecule has 4 unspecified atom stereocenters. The van der Waals surface area contributed by atoms with E-state index in [-0.39, 0.29) is 25.1 Å². The van der Waals surface area contributed by atoms with Gasteiger partial charge in [0.25, 0.3) is 0 Å². The van der Waals surface area contributed by atoms with E-state index in [1.807, 2.05) is 24.3 Å². The monoisotopic (exact) mass is 577 g/mol. The molecule has 42 heavy (non-hydrogen) atoms. The molecular formula is C31H26F3N3O5. The topological polar surface area (TPSA) is 112 Å². The minimum atomic E-state index is -4.65. The number of rotatable bonds is 8. The smallest absolute Gasteiger partial charge is 0.416 e. The number of aliphatic carboxylic acids is 1. The number of fused-ring (bicyclic) bond motifs is 2. The molecule has 8 nitrogen and oxygen atoms in total. The third kappa shape index (κ3) is 4.59. The maximum Gasteiger partial charge on any atom is 0.416 e. The van der Waals surface area contributed by atoms with Gasteiger partial charge in [0.1, 0.15) is 17.9 Å². The zero-order valence-corrected chi connectivity index (χ0v) is 22.1. The van der Waals surface area contributed by atoms with Crippen LogP contribution in [0.15, 0.2) is 85.1 Å². The highest BCUT2D eigenvalue weighted by molar-refractivity contribution is 6.09. The van der Waals surface area contributed by atoms with Gasteiger partial charge in [-0.25, -0.2) is 0 Å². The third-order valence-electron chi connectivity index (χ3n) is 8.17. The number of benzene rings is 3. The molecule has 0 radical (unpaired) electrons. The SMILES string of the molecule is O=C1C2C(c3cccc(C(F)(F)F)c3)NC(Cc3c[nH]c4ccccc34)(C(=O)O)C2C(=O)N1CCOc1ccccc1. The highest BCUT2D eigenvalue weighted by Crippen LogP contribution is 2.50. The van der Waals surface area contributed by atoms with Gasteiger partial charge < -0.3 is 14.8 Å². The number of nitrogens with one attached hydrogen (secondary N) is 2. The van der Waals surface area contributed by atoms with Crippen LogP contribution in [0.5, 0.6) is 5.75 Å². The van der Waals surface area contributed by atoms with Crippen molar-refractivity contribution < 1.29 is 37.4 Å². The van der Waals surface area contributed by atoms with Gasteiger partial charge in [0.2, 0.25) is 11.8 Å². The second kappa shape index (κ2) is 10.3. The van der Waals surface area contributed by atoms with Crippen LogP contribution >= 0.6 is 0 Å². The van der Waals surface area contributed by atoms with E-state index in [1.165, 1.54) is 12.1 Å². The number of H-pyrrole nitrogens is 1. The zero-order chi connectivity index (χ0) is 29.6. The summed E-state index contributed by atoms with van der Waals surface area (Å²) in [6, 6.07) is 19.3. The van der Waals surface area contributed by atoms with Gasteiger partial charge in [-0.15, -0.1) is 0 Å². The molecule has 1 aromatic heterocycles. The molecule has 2 aliphatic heterocycles. The highest BCUT2D eigenvalue weighted by atomic mass is 19.4. The Morgan fingerprint density at radius 1 is 0.976 bits per heavy atom. The lowest BCUT2D eigenvalue weighted by Gasteiger charge is -2.31. The Morgan fingerprint density at radius 2 is 1.71 bits per heavy atom. The second-order valence-corrected chi connectivity index (χ2v) is 10.6. The molecule has 4 atom stereocenters. The van der Waals surface area contributed by atoms with Gasteiger partial charge in [0.15, 0.2) is 0 Å². The van der Waals surface area contributed by atoms with Crippen molar-refractivity contribution in [3.8, 4) is 5.75 Å². The first-order valence-electron chi connectivity index (χ1n) is 13.4. The van der Waals surface area contributed by atoms with Crippen molar-refractivity contribution in [3.63, 3.8) is 0 Å². The summed E-state index contributed by atoms with van der Waals surface area (Å²) < 4.78 is 46.5. The first-order valence-corrected chi connectivity index (χ1v) is 13.4. The lowest BCUT2D eigenvalue weighted by molar-refractivity contribution is -0.151. The normalized spacial score (nSPS) is 23.9. The first-order chi connectivity index (χ1) is 20.1. The van der Waals surface area contributed by atoms with Crippen LogP contribution in [0.2, 0.25) is 0 Å². The number of alkyl halides is 3. The van der Waals surface area contributed by atoms with Crippen molar-refractivity contribution >= 4 is 28.7 Å². The quantitative estimate of drug-likeness (QED) is 0.265. The Kier molecular flexibility index (Phi) is 6.77. The van der Waals surface area contributed by atoms with Crippen LogP contribution in [0.25, 0.3) is 10.9 Å². The summed E-state index contributed by atoms with van der Waals surface area (Å²) in [6.07, 6.45) is -3.19. The molecule has 0 saturated carbocycles. The molecule has 3 heterocycles. The molecule has 0 aliphatic carbocycles. The summed E-state index contributed by atoms with van der Waals surface area (Å²) in [5, 5.41) is 14.4. The number of aromatic nitrogens is 1. The molecule has 0 bridgehead atoms. The number of amides is 2. The van der Waals surface area contributed by atoms with E-state index < -0.39 is 52.9 Å². The van der Waals surface area contributed by atoms with E-state index in [9.17, 15) is 32.7 Å². The van der Waals surface area contributed by atoms with Gasteiger partial charge in [-0.1, -0.05) is 48.5 Å². The van der Waals surface area contributed by atoms with E-state index >= 15 is 0 Å². The van der Waals surface area contributed by atoms with Crippen LogP contribution < -0.4 is 10.1 Å². The Bertz CT molecular complexity index is 1670. The number of hydrogen-bond acceptors (Lipinski definition) is 5. The predicted octanol–water partition coefficient (Wildman–Crippen LogP) is 4.58. The van der Waals surface area contributed by atoms with E-state index in [0.717, 1.165) is 27.9 Å². The Balaban J connectivity index is 1.40. The van der Waals surface area contributed by atoms with Crippen molar-refractivity contribution in [3.05, 3.63) is 102 Å². The number of hydrogen-bond donors (Lipinski definition) is 3. The fourth-order valence-electron chi connectivity index (χ4n) is 6.26. The van der Waals surface area contributed by atoms with Crippen LogP contribution in [0.3, 0.4) is 0 Å². The van der Waals surface area contributed by atoms with Crippen molar-refractivity contribution in [2.45, 2.75) is 24.2 Å². The number of nitrogens with zero attached hydrogens (tertiary/aromatic N) is 1. The Labute approximate surface area is 238 Å². The number of carbonyl (C=O) groups excluding carboxylic acids is 2. The number of aromatic amines is 1. The maximum absolute atomic E-state index is 13.9. The largest absolute Gasteiger partial charge is 0.492 e. The Hall–Kier alpha value is -4.64. The second-order valence-electron chi connectivity index (χ2n) is 10.6. The number of para-hydroxylation sites is 2. The molecule has 2 aliphatic rings. The predicted molar refractivity (Wildman–Crippen MR) is 145 cm³/mol. The van der Waals surface area contributed by atoms with Crippen LogP contribution in [-0.4, -0.2) is 51.5 Å². The number of imide groups is 1. The molecule has 0 spiro atoms. The summed E-state index contributed by atoms with van der Waals surface area (Å²) in [5.74, 6) is -4.81. The van der Waals surface area contributed by atoms with Crippen molar-refractivity contribution in [1.29, 1.82) is 0 Å². The summed E-state index contributed by atoms with van der Waals surface area (Å²) >= 11 is 0. The maximum atomic E-state index is 13.9. The molecule has 6 rings (SSSR count). The summed E-state index contributed by atoms with van der Waals surface area (Å²) in [7, 11) is 0. The van der Waals surface area contributed by atoms with Gasteiger partial charge in [0, 0.05) is 29.6 Å². The van der Waals surface area contributed by atoms with Gasteiger partial charge in [-0.3, -0.25) is 24.6 Å². The van der Waals surface area contributed by atoms with Crippen LogP contribution in [0, 0.1) is 11.8 Å². The lowest BCUT2D eigenvalue weighted by Crippen LogP contribution is -2.57. The lowest BCUT2D eigenvalue weighted by atomic mass is 9.76. The molecule has 4 aromatic rings. The standard InChI is InChI=1S/C31H26F3N3O5/c32-31(33,34)20-8-6-7-18(15-20)26-24-25(28(39)37(27(24)38)13-14-42-21-9-2-1-3-10-21)30(36-26,29(40)41)16-19-17-35-23-12-5-4-11-22(19)23/h1-12,15,17,24-26,35-36H,13-14,16H2,(H,40,41). The number of carboxylic acids is 1. The van der Waals surface area contributed by atoms with E-state index in [2.05, 4.69) is 10.3 Å². The van der Waals surface area contributed by atoms with Gasteiger partial charge in [-0.05, 0) is 41.5 Å². The number of carboxylic acid groups (broad SMARTS) is 1. The minimum absolute atomic E-state index is 0.0366. The molecule has 3 N–H and O–H groups in total. The fourth-order valence-corrected chi connectivity index (χ4v) is 6.26. The molecule has 3 aromatic carbocycles. The summed E-state index contributed by atoms with van der Waals surface area (Å²) in [6.45, 7) is -0.178. The first kappa shape index (κ1) is 27.5. The third-order valence-corrected chi connectivity index (χ3v) is 8.17. The fraction of sp³-hybridized carbons (Fsp3) is 0.258. The van der Waals surface area contributed by atoms with Gasteiger partial charge in [0.05, 0.1) is 23.9 Å². The zero-order valence-electron chi connectivity index (χ0n) is 22.1. The molecular weight excluding hydrogens is 551 g/mol. The minimum Gasteiger partial charge on any atom is -0.492 e. The van der Waals surface area contributed by atoms with Crippen molar-refractivity contribution in [1.82, 2.24) is 15.2 Å². The van der Waals surface area contributed by atoms with Gasteiger partial charge >= 0.3 is 12.1 Å². The van der Waals surface area contributed by atoms with Gasteiger partial charge in [-0.2, -0.15) is 13.2 Å². The van der Waals surface area contributed by atoms with Crippen LogP contribution in [0.1, 0.15) is 22.7 Å². The number of halogens is 3. The van der Waals surface area contributed by atoms with Crippen LogP contribution in [-0.2, 0) is 27.0 Å². The van der Waals surface area contributed by atoms with E-state index in [0.29, 0.717) is 11.3 Å². The van der Waals surface area contributed by atoms with E-state index in [4.69, 9.17) is 4.74 Å². The number of ether oxygens (including phenoxy) is 1. The number of carbonyl (C=O) groups is 3. The molecule has 2 amide bonds. The van der Waals surface area contributed by atoms with Crippen molar-refractivity contribution in [2.24, 2.45) is 11.8 Å². The molecule has 11 heteroatoms. The summed E-state index contributed by atoms with van der Waals surface area (Å²) in [5.41, 5.74) is -1.49. The molecule has 216 valence electrons. The molecule has 2 saturated heterocycles. The number of likely N-dealkylation sites (tertiary alicyclic amines) is 1. The summed E-state index contributed by atoms with van der Waals surface area (Å²) in [4.78, 5) is 44.9. The van der Waals surface area contributed by atoms with Crippen molar-refractivity contribution in [2.75, 3.05) is 13.2 Å². The van der Waals surface area contributed by atoms with Crippen LogP contribution in [0.4, 0.5) is 13.2 Å². The molecule has 2 fully saturated rings. The average molecular weight is 578 g/mol. The average Bonchev–Trinajstić information content (AvgIpc) is 3.62. The highest BCUT2D eigenvalue weighted by Gasteiger charge is 2.68. The Morgan fingerprint density at radius 3 is 2.45 bits per heavy atom. The van der Waals surface area contributed by atoms with E-state index in [1.54, 1.807) is 36.5 Å².